The SMILES string of the molecule is C=C(COc1cccc(OC)c1)[B-](F)(F)F. The molecule has 0 amide bonds. The van der Waals surface area contributed by atoms with Gasteiger partial charge in [-0.2, -0.15) is 0 Å². The largest absolute Gasteiger partial charge is 0.508 e. The molecule has 0 saturated carbocycles. The van der Waals surface area contributed by atoms with Gasteiger partial charge in [0.15, 0.2) is 0 Å². The van der Waals surface area contributed by atoms with Gasteiger partial charge in [-0.3, -0.25) is 0 Å². The standard InChI is InChI=1S/C10H11BF3O2/c1-8(11(12,13)14)7-16-10-5-3-4-9(6-10)15-2/h3-6H,1,7H2,2H3/q-1. The zero-order chi connectivity index (χ0) is 12.2. The van der Waals surface area contributed by atoms with E-state index in [2.05, 4.69) is 6.58 Å². The van der Waals surface area contributed by atoms with Gasteiger partial charge in [-0.15, -0.1) is 12.1 Å². The maximum atomic E-state index is 12.2. The van der Waals surface area contributed by atoms with Crippen LogP contribution in [0.2, 0.25) is 0 Å². The lowest BCUT2D eigenvalue weighted by atomic mass is 9.81. The second-order valence-electron chi connectivity index (χ2n) is 3.20. The fraction of sp³-hybridized carbons (Fsp3) is 0.200. The summed E-state index contributed by atoms with van der Waals surface area (Å²) < 4.78 is 46.3. The molecule has 0 atom stereocenters. The average molecular weight is 231 g/mol. The van der Waals surface area contributed by atoms with Crippen LogP contribution in [0.4, 0.5) is 12.9 Å². The van der Waals surface area contributed by atoms with Crippen molar-refractivity contribution in [1.29, 1.82) is 0 Å². The van der Waals surface area contributed by atoms with E-state index in [1.165, 1.54) is 13.2 Å². The summed E-state index contributed by atoms with van der Waals surface area (Å²) in [6.07, 6.45) is 0. The van der Waals surface area contributed by atoms with Crippen molar-refractivity contribution in [1.82, 2.24) is 0 Å². The van der Waals surface area contributed by atoms with Gasteiger partial charge in [0.1, 0.15) is 11.5 Å². The van der Waals surface area contributed by atoms with Crippen LogP contribution in [-0.4, -0.2) is 20.7 Å². The van der Waals surface area contributed by atoms with E-state index in [-0.39, 0.29) is 0 Å². The van der Waals surface area contributed by atoms with Crippen LogP contribution in [0, 0.1) is 0 Å². The molecule has 0 aliphatic heterocycles. The molecule has 0 aliphatic carbocycles. The lowest BCUT2D eigenvalue weighted by Gasteiger charge is -2.18. The summed E-state index contributed by atoms with van der Waals surface area (Å²) in [6.45, 7) is -2.66. The normalized spacial score (nSPS) is 11.0. The van der Waals surface area contributed by atoms with Gasteiger partial charge in [0.25, 0.3) is 0 Å². The monoisotopic (exact) mass is 231 g/mol. The Morgan fingerprint density at radius 2 is 1.94 bits per heavy atom. The summed E-state index contributed by atoms with van der Waals surface area (Å²) in [4.78, 5) is 0. The Labute approximate surface area is 91.7 Å². The molecule has 0 aromatic heterocycles. The number of benzene rings is 1. The molecule has 0 aliphatic rings. The first-order valence-electron chi connectivity index (χ1n) is 4.58. The smallest absolute Gasteiger partial charge is 0.497 e. The molecule has 16 heavy (non-hydrogen) atoms. The van der Waals surface area contributed by atoms with Crippen LogP contribution in [0.3, 0.4) is 0 Å². The van der Waals surface area contributed by atoms with E-state index in [4.69, 9.17) is 9.47 Å². The summed E-state index contributed by atoms with van der Waals surface area (Å²) >= 11 is 0. The highest BCUT2D eigenvalue weighted by Crippen LogP contribution is 2.22. The van der Waals surface area contributed by atoms with Crippen LogP contribution >= 0.6 is 0 Å². The minimum absolute atomic E-state index is 0.320. The number of hydrogen-bond donors (Lipinski definition) is 0. The Balaban J connectivity index is 2.58. The molecular formula is C10H11BF3O2-. The molecule has 2 nitrogen and oxygen atoms in total. The molecule has 0 bridgehead atoms. The summed E-state index contributed by atoms with van der Waals surface area (Å²) in [5.74, 6) is 0.848. The lowest BCUT2D eigenvalue weighted by Crippen LogP contribution is -2.23. The van der Waals surface area contributed by atoms with E-state index in [1.54, 1.807) is 18.2 Å². The Morgan fingerprint density at radius 3 is 2.50 bits per heavy atom. The van der Waals surface area contributed by atoms with E-state index in [0.717, 1.165) is 0 Å². The van der Waals surface area contributed by atoms with Crippen molar-refractivity contribution < 1.29 is 22.4 Å². The van der Waals surface area contributed by atoms with Crippen LogP contribution in [0.5, 0.6) is 11.5 Å². The average Bonchev–Trinajstić information content (AvgIpc) is 2.25. The van der Waals surface area contributed by atoms with Crippen LogP contribution in [-0.2, 0) is 0 Å². The molecule has 0 radical (unpaired) electrons. The first-order chi connectivity index (χ1) is 7.43. The highest BCUT2D eigenvalue weighted by molar-refractivity contribution is 6.66. The Kier molecular flexibility index (Phi) is 3.87. The molecule has 0 unspecified atom stereocenters. The van der Waals surface area contributed by atoms with Crippen molar-refractivity contribution in [2.75, 3.05) is 13.7 Å². The van der Waals surface area contributed by atoms with Crippen molar-refractivity contribution in [2.45, 2.75) is 0 Å². The molecule has 1 aromatic rings. The van der Waals surface area contributed by atoms with Gasteiger partial charge < -0.3 is 22.4 Å². The van der Waals surface area contributed by atoms with Gasteiger partial charge in [0.05, 0.1) is 13.7 Å². The van der Waals surface area contributed by atoms with Gasteiger partial charge in [-0.1, -0.05) is 6.07 Å². The second-order valence-corrected chi connectivity index (χ2v) is 3.20. The molecule has 0 spiro atoms. The molecule has 0 heterocycles. The van der Waals surface area contributed by atoms with E-state index in [9.17, 15) is 12.9 Å². The number of halogens is 3. The first kappa shape index (κ1) is 12.5. The minimum atomic E-state index is -5.03. The second kappa shape index (κ2) is 4.96. The maximum absolute atomic E-state index is 12.2. The molecule has 1 rings (SSSR count). The van der Waals surface area contributed by atoms with E-state index < -0.39 is 19.1 Å². The summed E-state index contributed by atoms with van der Waals surface area (Å²) in [7, 11) is 1.47. The summed E-state index contributed by atoms with van der Waals surface area (Å²) in [5, 5.41) is 0. The number of methoxy groups -OCH3 is 1. The third kappa shape index (κ3) is 3.53. The van der Waals surface area contributed by atoms with E-state index in [1.807, 2.05) is 0 Å². The summed E-state index contributed by atoms with van der Waals surface area (Å²) in [6, 6.07) is 6.38. The topological polar surface area (TPSA) is 18.5 Å². The maximum Gasteiger partial charge on any atom is 0.508 e. The molecular weight excluding hydrogens is 220 g/mol. The van der Waals surface area contributed by atoms with Crippen molar-refractivity contribution >= 4 is 6.98 Å². The lowest BCUT2D eigenvalue weighted by molar-refractivity contribution is 0.342. The van der Waals surface area contributed by atoms with Crippen LogP contribution < -0.4 is 9.47 Å². The van der Waals surface area contributed by atoms with Gasteiger partial charge in [0, 0.05) is 6.07 Å². The van der Waals surface area contributed by atoms with Crippen molar-refractivity contribution in [3.05, 3.63) is 36.3 Å². The van der Waals surface area contributed by atoms with Gasteiger partial charge in [-0.05, 0) is 12.1 Å². The Morgan fingerprint density at radius 1 is 1.31 bits per heavy atom. The van der Waals surface area contributed by atoms with E-state index in [0.29, 0.717) is 11.5 Å². The number of hydrogen-bond acceptors (Lipinski definition) is 2. The van der Waals surface area contributed by atoms with Crippen molar-refractivity contribution in [3.63, 3.8) is 0 Å². The molecule has 1 aromatic carbocycles. The fourth-order valence-electron chi connectivity index (χ4n) is 0.961. The Hall–Kier alpha value is -1.59. The Bertz CT molecular complexity index is 377. The molecule has 0 fully saturated rings. The van der Waals surface area contributed by atoms with Crippen molar-refractivity contribution in [2.24, 2.45) is 0 Å². The third-order valence-corrected chi connectivity index (χ3v) is 1.93. The van der Waals surface area contributed by atoms with Gasteiger partial charge >= 0.3 is 6.98 Å². The van der Waals surface area contributed by atoms with Crippen molar-refractivity contribution in [3.8, 4) is 11.5 Å². The number of rotatable bonds is 5. The van der Waals surface area contributed by atoms with Gasteiger partial charge in [-0.25, -0.2) is 0 Å². The molecule has 0 saturated heterocycles. The minimum Gasteiger partial charge on any atom is -0.497 e. The molecule has 0 N–H and O–H groups in total. The zero-order valence-corrected chi connectivity index (χ0v) is 8.75. The zero-order valence-electron chi connectivity index (χ0n) is 8.75. The predicted octanol–water partition coefficient (Wildman–Crippen LogP) is 3.02. The van der Waals surface area contributed by atoms with Crippen LogP contribution in [0.15, 0.2) is 36.3 Å². The highest BCUT2D eigenvalue weighted by atomic mass is 19.4. The first-order valence-corrected chi connectivity index (χ1v) is 4.58. The van der Waals surface area contributed by atoms with E-state index >= 15 is 0 Å². The fourth-order valence-corrected chi connectivity index (χ4v) is 0.961. The van der Waals surface area contributed by atoms with Crippen LogP contribution in [0.1, 0.15) is 0 Å². The quantitative estimate of drug-likeness (QED) is 0.725. The number of ether oxygens (including phenoxy) is 2. The molecule has 6 heteroatoms. The van der Waals surface area contributed by atoms with Gasteiger partial charge in [0.2, 0.25) is 0 Å². The molecule has 88 valence electrons. The van der Waals surface area contributed by atoms with Crippen LogP contribution in [0.25, 0.3) is 0 Å². The highest BCUT2D eigenvalue weighted by Gasteiger charge is 2.26. The third-order valence-electron chi connectivity index (χ3n) is 1.93. The summed E-state index contributed by atoms with van der Waals surface area (Å²) in [5.41, 5.74) is -0.859. The predicted molar refractivity (Wildman–Crippen MR) is 56.7 cm³/mol.